The van der Waals surface area contributed by atoms with E-state index in [1.54, 1.807) is 77.0 Å². The molecule has 0 spiro atoms. The molecule has 0 radical (unpaired) electrons. The van der Waals surface area contributed by atoms with Gasteiger partial charge in [-0.2, -0.15) is 0 Å². The molecule has 144 heavy (non-hydrogen) atoms. The van der Waals surface area contributed by atoms with Crippen LogP contribution in [0.4, 0.5) is 0 Å². The Morgan fingerprint density at radius 3 is 0.660 bits per heavy atom. The van der Waals surface area contributed by atoms with Gasteiger partial charge in [0.25, 0.3) is 0 Å². The quantitative estimate of drug-likeness (QED) is 0.108. The number of carbonyl (C=O) groups excluding carboxylic acids is 2. The zero-order valence-electron chi connectivity index (χ0n) is 88.9. The molecule has 63 fully saturated rings. The normalized spacial score (nSPS) is 68.2. The lowest BCUT2D eigenvalue weighted by Gasteiger charge is -2.75. The summed E-state index contributed by atoms with van der Waals surface area (Å²) in [5.41, 5.74) is -3.01. The zero-order chi connectivity index (χ0) is 96.9. The van der Waals surface area contributed by atoms with E-state index in [0.29, 0.717) is 101 Å². The van der Waals surface area contributed by atoms with Crippen LogP contribution in [0.3, 0.4) is 0 Å². The average Bonchev–Trinajstić information content (AvgIpc) is 0.664. The van der Waals surface area contributed by atoms with Crippen LogP contribution in [0.5, 0.6) is 0 Å². The summed E-state index contributed by atoms with van der Waals surface area (Å²) in [7, 11) is 4.00. The molecule has 14 heteroatoms. The summed E-state index contributed by atoms with van der Waals surface area (Å²) in [6.07, 6.45) is 70.6. The minimum atomic E-state index is -0.488. The van der Waals surface area contributed by atoms with Crippen molar-refractivity contribution in [3.8, 4) is 0 Å². The minimum absolute atomic E-state index is 0.177. The standard InChI is InChI=1S/3C14H20O2.2C14H20O.2C14H18O.2C14H20.4CH4O/c15-13-5-8-1-9-10(13)2-7-3-11(9)14(16,6-8)12(13)4-7;15-13-4-9-8-1-7-2-11(9)14(16,6-13)12(3-7)10(8)5-13;15-13-4-10-8-1-7-2-9(10)12(6-13)14(16,3-7)11(8)5-13;15-14-6-8-2-10-9-1-7(4-12(10)14)5-13(14)11(9)3-8;15-14-4-11-8-1-7-2-9(11)13(6-14)10(3-7)12(8)5-14;2*15-14-7-4-9-8-1-6-2-11(9)13(14)12(3-6)10(8)5-7;2*1-7-2-12-10-4-8-5-11(9(1)10)13(3-7)14(12)6-8;4*1-2/h3*7-12,15-16H,1-6H2;2*7-13,15H,1-6H2;2*6-13H,1-5H2;2*7-14H,1-6H2;4*2H,1H3. The number of aliphatic hydroxyl groups excluding tert-OH is 4. The molecule has 0 aliphatic heterocycles. The highest BCUT2D eigenvalue weighted by atomic mass is 16.3. The predicted molar refractivity (Wildman–Crippen MR) is 546 cm³/mol. The Hall–Kier alpha value is -1.14. The van der Waals surface area contributed by atoms with Gasteiger partial charge in [-0.25, -0.2) is 0 Å². The molecule has 0 saturated heterocycles. The second-order valence-corrected chi connectivity index (χ2v) is 65.6. The third kappa shape index (κ3) is 12.3. The lowest BCUT2D eigenvalue weighted by Crippen LogP contribution is -2.78. The second-order valence-electron chi connectivity index (χ2n) is 65.6. The second kappa shape index (κ2) is 31.9. The van der Waals surface area contributed by atoms with Crippen LogP contribution >= 0.6 is 0 Å². The first-order chi connectivity index (χ1) is 69.7. The molecule has 72 bridgehead atoms. The Labute approximate surface area is 862 Å². The van der Waals surface area contributed by atoms with Gasteiger partial charge in [-0.15, -0.1) is 0 Å². The largest absolute Gasteiger partial charge is 0.400 e. The highest BCUT2D eigenvalue weighted by Gasteiger charge is 2.81. The van der Waals surface area contributed by atoms with E-state index < -0.39 is 22.4 Å². The average molecular weight is 1980 g/mol. The zero-order valence-corrected chi connectivity index (χ0v) is 88.9. The SMILES string of the molecule is C1C2CC3C4CC5CC(C14)C(C2)C3C5.C1C2CC3C4CC5CC(C14)C(C2)C3C5.CO.CO.CO.CO.O=C1C2CC3C4CC5CC3C1C(C5)C4C2.O=C1C2CC3C4CC5CC3C1C(C5)C4C2.OC12CC3C4CC5CC3C(C1)C(C5)C4C2.OC12CC3C4CC5CC3C(C1)C(O)(C5)C4C2.OC12CC3C4CC5CC3C(O)(C1)C(C5)C4C2.OC12CC3CC4C1CC1CC4C(O)(C3)C2C1.OC12CC3CC4C5CC(CC41)CC2C5C3. The number of aliphatic hydroxyl groups is 12. The molecule has 63 aliphatic carbocycles. The van der Waals surface area contributed by atoms with E-state index in [9.17, 15) is 50.4 Å². The van der Waals surface area contributed by atoms with E-state index in [0.717, 1.165) is 282 Å². The molecule has 0 aromatic heterocycles. The molecule has 0 amide bonds. The Morgan fingerprint density at radius 2 is 0.347 bits per heavy atom. The fourth-order valence-corrected chi connectivity index (χ4v) is 61.5. The molecule has 12 N–H and O–H groups in total. The molecular weight excluding hydrogens is 1790 g/mol. The lowest BCUT2D eigenvalue weighted by molar-refractivity contribution is -0.345. The van der Waals surface area contributed by atoms with Crippen LogP contribution < -0.4 is 0 Å². The molecule has 0 heterocycles. The topological polar surface area (TPSA) is 277 Å². The van der Waals surface area contributed by atoms with Crippen LogP contribution in [0, 0.1) is 379 Å². The van der Waals surface area contributed by atoms with E-state index >= 15 is 0 Å². The summed E-state index contributed by atoms with van der Waals surface area (Å²) in [6.45, 7) is 0. The molecule has 0 aromatic rings. The fraction of sp³-hybridized carbons (Fsp3) is 0.985. The van der Waals surface area contributed by atoms with Crippen molar-refractivity contribution in [3.63, 3.8) is 0 Å². The summed E-state index contributed by atoms with van der Waals surface area (Å²) in [4.78, 5) is 24.6. The molecule has 796 valence electrons. The Morgan fingerprint density at radius 1 is 0.153 bits per heavy atom. The third-order valence-corrected chi connectivity index (χ3v) is 62.6. The molecule has 24 unspecified atom stereocenters. The first-order valence-corrected chi connectivity index (χ1v) is 64.4. The number of ketones is 2. The molecule has 63 rings (SSSR count). The van der Waals surface area contributed by atoms with E-state index in [1.807, 2.05) is 0 Å². The van der Waals surface area contributed by atoms with Crippen molar-refractivity contribution in [2.75, 3.05) is 28.4 Å². The van der Waals surface area contributed by atoms with Crippen LogP contribution in [0.25, 0.3) is 0 Å². The maximum absolute atomic E-state index is 12.3. The van der Waals surface area contributed by atoms with E-state index in [-0.39, 0.29) is 28.3 Å². The van der Waals surface area contributed by atoms with Gasteiger partial charge in [0.1, 0.15) is 11.6 Å². The number of rotatable bonds is 0. The van der Waals surface area contributed by atoms with Crippen LogP contribution in [-0.4, -0.2) is 146 Å². The summed E-state index contributed by atoms with van der Waals surface area (Å²) in [5, 5.41) is 115. The third-order valence-electron chi connectivity index (χ3n) is 62.6. The molecule has 24 atom stereocenters. The van der Waals surface area contributed by atoms with E-state index in [1.165, 1.54) is 287 Å². The molecule has 63 aliphatic rings. The molecular formula is C130H192O14. The van der Waals surface area contributed by atoms with Crippen molar-refractivity contribution >= 4 is 11.6 Å². The smallest absolute Gasteiger partial charge is 0.139 e. The highest BCUT2D eigenvalue weighted by molar-refractivity contribution is 5.87. The first-order valence-electron chi connectivity index (χ1n) is 64.4. The Bertz CT molecular complexity index is 4510. The van der Waals surface area contributed by atoms with Crippen molar-refractivity contribution in [3.05, 3.63) is 0 Å². The summed E-state index contributed by atoms with van der Waals surface area (Å²) < 4.78 is 0. The monoisotopic (exact) mass is 1980 g/mol. The van der Waals surface area contributed by atoms with Crippen LogP contribution in [-0.2, 0) is 9.59 Å². The van der Waals surface area contributed by atoms with Gasteiger partial charge < -0.3 is 61.3 Å². The van der Waals surface area contributed by atoms with Gasteiger partial charge in [-0.3, -0.25) is 9.59 Å². The lowest BCUT2D eigenvalue weighted by atomic mass is 9.32. The van der Waals surface area contributed by atoms with Crippen LogP contribution in [0.15, 0.2) is 0 Å². The summed E-state index contributed by atoms with van der Waals surface area (Å²) >= 11 is 0. The van der Waals surface area contributed by atoms with Gasteiger partial charge in [-0.1, -0.05) is 0 Å². The highest BCUT2D eigenvalue weighted by Crippen LogP contribution is 2.83. The van der Waals surface area contributed by atoms with Crippen LogP contribution in [0.2, 0.25) is 0 Å². The minimum Gasteiger partial charge on any atom is -0.400 e. The number of hydrogen-bond acceptors (Lipinski definition) is 14. The van der Waals surface area contributed by atoms with Gasteiger partial charge in [-0.05, 0) is 677 Å². The van der Waals surface area contributed by atoms with Crippen molar-refractivity contribution < 1.29 is 70.9 Å². The van der Waals surface area contributed by atoms with Gasteiger partial charge in [0.2, 0.25) is 0 Å². The van der Waals surface area contributed by atoms with Gasteiger partial charge >= 0.3 is 0 Å². The van der Waals surface area contributed by atoms with Crippen molar-refractivity contribution in [1.29, 1.82) is 0 Å². The van der Waals surface area contributed by atoms with E-state index in [2.05, 4.69) is 0 Å². The number of Topliss-reactive ketones (excluding diaryl/α,β-unsaturated/α-hetero) is 2. The first kappa shape index (κ1) is 94.0. The summed E-state index contributed by atoms with van der Waals surface area (Å²) in [6, 6.07) is 0. The van der Waals surface area contributed by atoms with E-state index in [4.69, 9.17) is 20.4 Å². The summed E-state index contributed by atoms with van der Waals surface area (Å²) in [5.74, 6) is 59.6. The molecule has 14 nitrogen and oxygen atoms in total. The van der Waals surface area contributed by atoms with Crippen molar-refractivity contribution in [2.45, 2.75) is 379 Å². The number of carbonyl (C=O) groups is 2. The Kier molecular flexibility index (Phi) is 20.9. The maximum atomic E-state index is 12.3. The predicted octanol–water partition coefficient (Wildman–Crippen LogP) is 19.6. The Balaban J connectivity index is 0.0000000706. The van der Waals surface area contributed by atoms with Gasteiger partial charge in [0.15, 0.2) is 0 Å². The molecule has 63 saturated carbocycles. The van der Waals surface area contributed by atoms with Crippen LogP contribution in [0.1, 0.15) is 334 Å². The van der Waals surface area contributed by atoms with Crippen molar-refractivity contribution in [1.82, 2.24) is 0 Å². The maximum Gasteiger partial charge on any atom is 0.139 e. The fourth-order valence-electron chi connectivity index (χ4n) is 61.5. The van der Waals surface area contributed by atoms with Gasteiger partial charge in [0.05, 0.1) is 44.8 Å². The van der Waals surface area contributed by atoms with Crippen molar-refractivity contribution in [2.24, 2.45) is 379 Å². The van der Waals surface area contributed by atoms with Gasteiger partial charge in [0, 0.05) is 64.4 Å². The number of hydrogen-bond donors (Lipinski definition) is 12. The molecule has 0 aromatic carbocycles.